The van der Waals surface area contributed by atoms with E-state index in [0.29, 0.717) is 0 Å². The molecule has 0 bridgehead atoms. The first-order valence-corrected chi connectivity index (χ1v) is 9.35. The maximum Gasteiger partial charge on any atom is 0.303 e. The second-order valence-electron chi connectivity index (χ2n) is 8.03. The summed E-state index contributed by atoms with van der Waals surface area (Å²) in [7, 11) is 0. The van der Waals surface area contributed by atoms with Crippen molar-refractivity contribution < 1.29 is 43.4 Å². The minimum atomic E-state index is -1.47. The van der Waals surface area contributed by atoms with Gasteiger partial charge >= 0.3 is 5.97 Å². The molecule has 0 amide bonds. The summed E-state index contributed by atoms with van der Waals surface area (Å²) < 4.78 is 34.5. The number of aliphatic hydroxyl groups excluding tert-OH is 2. The van der Waals surface area contributed by atoms with E-state index in [9.17, 15) is 15.0 Å². The van der Waals surface area contributed by atoms with Crippen LogP contribution in [0.4, 0.5) is 0 Å². The Morgan fingerprint density at radius 3 is 2.22 bits per heavy atom. The molecule has 0 aromatic heterocycles. The Bertz CT molecular complexity index is 553. The van der Waals surface area contributed by atoms with Crippen LogP contribution in [0, 0.1) is 5.92 Å². The van der Waals surface area contributed by atoms with Crippen LogP contribution in [0.1, 0.15) is 41.5 Å². The summed E-state index contributed by atoms with van der Waals surface area (Å²) in [4.78, 5) is 11.5. The molecule has 3 saturated heterocycles. The van der Waals surface area contributed by atoms with E-state index in [0.717, 1.165) is 0 Å². The fraction of sp³-hybridized carbons (Fsp3) is 0.944. The molecular formula is C18H30O9. The number of carbonyl (C=O) groups is 1. The van der Waals surface area contributed by atoms with Crippen LogP contribution >= 0.6 is 0 Å². The first-order valence-electron chi connectivity index (χ1n) is 9.35. The fourth-order valence-corrected chi connectivity index (χ4v) is 3.89. The van der Waals surface area contributed by atoms with Crippen LogP contribution in [-0.2, 0) is 33.2 Å². The Labute approximate surface area is 158 Å². The van der Waals surface area contributed by atoms with Gasteiger partial charge in [-0.3, -0.25) is 4.79 Å². The number of hydrogen-bond acceptors (Lipinski definition) is 9. The number of hydrogen-bond donors (Lipinski definition) is 2. The molecule has 10 atom stereocenters. The van der Waals surface area contributed by atoms with Crippen LogP contribution in [0.2, 0.25) is 0 Å². The van der Waals surface area contributed by atoms with Gasteiger partial charge in [-0.1, -0.05) is 6.92 Å². The Morgan fingerprint density at radius 2 is 1.59 bits per heavy atom. The first-order chi connectivity index (χ1) is 12.5. The summed E-state index contributed by atoms with van der Waals surface area (Å²) in [6, 6.07) is 0. The molecule has 9 heteroatoms. The molecule has 2 N–H and O–H groups in total. The standard InChI is InChI=1S/C18H30O9/c1-7-8(2)23-17(15-12(7)26-18(5,6)27-15)25-14-11(20)16(21)22-9(3)13(14)24-10(4)19/h7-9,11-17,20-21H,1-6H3/t7-,8?,9?,11+,12-,13-,14?,15?,16-,17-/m0/s1. The second kappa shape index (κ2) is 7.55. The van der Waals surface area contributed by atoms with E-state index < -0.39 is 54.9 Å². The molecule has 0 spiro atoms. The number of esters is 1. The van der Waals surface area contributed by atoms with E-state index in [2.05, 4.69) is 0 Å². The number of carbonyl (C=O) groups excluding carboxylic acids is 1. The monoisotopic (exact) mass is 390 g/mol. The van der Waals surface area contributed by atoms with E-state index in [1.165, 1.54) is 6.92 Å². The topological polar surface area (TPSA) is 113 Å². The van der Waals surface area contributed by atoms with Gasteiger partial charge in [0.1, 0.15) is 18.3 Å². The zero-order valence-electron chi connectivity index (χ0n) is 16.5. The number of fused-ring (bicyclic) bond motifs is 1. The van der Waals surface area contributed by atoms with Crippen LogP contribution < -0.4 is 0 Å². The van der Waals surface area contributed by atoms with Crippen LogP contribution in [0.25, 0.3) is 0 Å². The molecule has 156 valence electrons. The van der Waals surface area contributed by atoms with Gasteiger partial charge in [0.05, 0.1) is 18.3 Å². The van der Waals surface area contributed by atoms with Gasteiger partial charge in [0.25, 0.3) is 0 Å². The molecule has 3 aliphatic heterocycles. The SMILES string of the molecule is CC(=O)O[C@H]1C(C)O[C@H](O)[C@H](O)C1O[C@@H]1OC(C)[C@H](C)[C@@H]2OC(C)(C)OC12. The average molecular weight is 390 g/mol. The van der Waals surface area contributed by atoms with Crippen molar-refractivity contribution in [1.29, 1.82) is 0 Å². The van der Waals surface area contributed by atoms with E-state index in [1.54, 1.807) is 6.92 Å². The third-order valence-corrected chi connectivity index (χ3v) is 5.40. The van der Waals surface area contributed by atoms with E-state index in [-0.39, 0.29) is 18.1 Å². The maximum absolute atomic E-state index is 11.5. The summed E-state index contributed by atoms with van der Waals surface area (Å²) >= 11 is 0. The predicted molar refractivity (Wildman–Crippen MR) is 90.3 cm³/mol. The lowest BCUT2D eigenvalue weighted by Gasteiger charge is -2.45. The molecule has 3 fully saturated rings. The van der Waals surface area contributed by atoms with Gasteiger partial charge in [-0.15, -0.1) is 0 Å². The number of rotatable bonds is 3. The smallest absolute Gasteiger partial charge is 0.303 e. The van der Waals surface area contributed by atoms with Crippen LogP contribution in [-0.4, -0.2) is 77.3 Å². The molecule has 3 heterocycles. The van der Waals surface area contributed by atoms with Crippen molar-refractivity contribution in [2.45, 2.75) is 103 Å². The predicted octanol–water partition coefficient (Wildman–Crippen LogP) is 0.302. The lowest BCUT2D eigenvalue weighted by atomic mass is 9.91. The van der Waals surface area contributed by atoms with Crippen molar-refractivity contribution in [3.05, 3.63) is 0 Å². The van der Waals surface area contributed by atoms with Gasteiger partial charge in [0.2, 0.25) is 0 Å². The van der Waals surface area contributed by atoms with Gasteiger partial charge in [-0.2, -0.15) is 0 Å². The van der Waals surface area contributed by atoms with Crippen molar-refractivity contribution in [3.8, 4) is 0 Å². The number of aliphatic hydroxyl groups is 2. The largest absolute Gasteiger partial charge is 0.457 e. The Hall–Kier alpha value is -0.810. The minimum absolute atomic E-state index is 0.0741. The molecule has 27 heavy (non-hydrogen) atoms. The summed E-state index contributed by atoms with van der Waals surface area (Å²) in [5.74, 6) is -1.27. The molecule has 3 rings (SSSR count). The first kappa shape index (κ1) is 20.9. The zero-order valence-corrected chi connectivity index (χ0v) is 16.5. The van der Waals surface area contributed by atoms with Crippen molar-refractivity contribution in [1.82, 2.24) is 0 Å². The van der Waals surface area contributed by atoms with Crippen LogP contribution in [0.5, 0.6) is 0 Å². The molecule has 0 aromatic rings. The molecule has 0 saturated carbocycles. The van der Waals surface area contributed by atoms with Gasteiger partial charge in [-0.25, -0.2) is 0 Å². The van der Waals surface area contributed by atoms with Gasteiger partial charge in [0.15, 0.2) is 24.5 Å². The van der Waals surface area contributed by atoms with Gasteiger partial charge < -0.3 is 38.6 Å². The lowest BCUT2D eigenvalue weighted by molar-refractivity contribution is -0.339. The van der Waals surface area contributed by atoms with Gasteiger partial charge in [0, 0.05) is 12.8 Å². The molecular weight excluding hydrogens is 360 g/mol. The Morgan fingerprint density at radius 1 is 0.963 bits per heavy atom. The lowest BCUT2D eigenvalue weighted by Crippen LogP contribution is -2.62. The number of ether oxygens (including phenoxy) is 6. The van der Waals surface area contributed by atoms with E-state index in [1.807, 2.05) is 27.7 Å². The minimum Gasteiger partial charge on any atom is -0.457 e. The van der Waals surface area contributed by atoms with E-state index in [4.69, 9.17) is 28.4 Å². The maximum atomic E-state index is 11.5. The molecule has 0 radical (unpaired) electrons. The molecule has 0 aromatic carbocycles. The summed E-state index contributed by atoms with van der Waals surface area (Å²) in [5, 5.41) is 20.4. The average Bonchev–Trinajstić information content (AvgIpc) is 2.89. The molecule has 0 aliphatic carbocycles. The second-order valence-corrected chi connectivity index (χ2v) is 8.03. The third kappa shape index (κ3) is 4.14. The highest BCUT2D eigenvalue weighted by Gasteiger charge is 2.56. The van der Waals surface area contributed by atoms with E-state index >= 15 is 0 Å². The van der Waals surface area contributed by atoms with Crippen molar-refractivity contribution in [3.63, 3.8) is 0 Å². The Balaban J connectivity index is 1.82. The highest BCUT2D eigenvalue weighted by atomic mass is 16.8. The van der Waals surface area contributed by atoms with Crippen LogP contribution in [0.15, 0.2) is 0 Å². The van der Waals surface area contributed by atoms with Crippen molar-refractivity contribution in [2.24, 2.45) is 5.92 Å². The zero-order chi connectivity index (χ0) is 20.1. The normalized spacial score (nSPS) is 49.5. The molecule has 4 unspecified atom stereocenters. The summed E-state index contributed by atoms with van der Waals surface area (Å²) in [5.41, 5.74) is 0. The highest BCUT2D eigenvalue weighted by Crippen LogP contribution is 2.41. The van der Waals surface area contributed by atoms with Crippen LogP contribution in [0.3, 0.4) is 0 Å². The molecule has 9 nitrogen and oxygen atoms in total. The van der Waals surface area contributed by atoms with Crippen molar-refractivity contribution >= 4 is 5.97 Å². The quantitative estimate of drug-likeness (QED) is 0.657. The molecule has 3 aliphatic rings. The fourth-order valence-electron chi connectivity index (χ4n) is 3.89. The van der Waals surface area contributed by atoms with Crippen molar-refractivity contribution in [2.75, 3.05) is 0 Å². The summed E-state index contributed by atoms with van der Waals surface area (Å²) in [6.07, 6.45) is -7.34. The highest BCUT2D eigenvalue weighted by molar-refractivity contribution is 5.66. The summed E-state index contributed by atoms with van der Waals surface area (Å²) in [6.45, 7) is 10.4. The Kier molecular flexibility index (Phi) is 5.85. The van der Waals surface area contributed by atoms with Gasteiger partial charge in [-0.05, 0) is 27.7 Å². The third-order valence-electron chi connectivity index (χ3n) is 5.40.